The van der Waals surface area contributed by atoms with Crippen LogP contribution >= 0.6 is 0 Å². The number of hydrogen-bond acceptors (Lipinski definition) is 3. The predicted octanol–water partition coefficient (Wildman–Crippen LogP) is 1.61. The van der Waals surface area contributed by atoms with Crippen molar-refractivity contribution < 1.29 is 26.4 Å². The van der Waals surface area contributed by atoms with Crippen LogP contribution in [0.4, 0.5) is 13.2 Å². The van der Waals surface area contributed by atoms with Gasteiger partial charge >= 0.3 is 6.18 Å². The molecule has 8 heteroatoms. The fraction of sp³-hybridized carbons (Fsp3) is 0.909. The van der Waals surface area contributed by atoms with Gasteiger partial charge in [-0.25, -0.2) is 8.42 Å². The van der Waals surface area contributed by atoms with Crippen LogP contribution in [0.1, 0.15) is 26.2 Å². The van der Waals surface area contributed by atoms with E-state index < -0.39 is 34.4 Å². The van der Waals surface area contributed by atoms with Gasteiger partial charge in [-0.15, -0.1) is 0 Å². The molecule has 1 atom stereocenters. The largest absolute Gasteiger partial charge is 0.406 e. The third kappa shape index (κ3) is 5.38. The fourth-order valence-electron chi connectivity index (χ4n) is 2.08. The number of alkyl halides is 3. The standard InChI is InChI=1S/C11H18F3NO3S/c1-2-3-5-15(8-11(12,13)14)10(16)9-4-6-19(17,18)7-9/h9H,2-8H2,1H3. The molecule has 112 valence electrons. The highest BCUT2D eigenvalue weighted by atomic mass is 32.2. The summed E-state index contributed by atoms with van der Waals surface area (Å²) in [5.74, 6) is -1.94. The zero-order valence-corrected chi connectivity index (χ0v) is 11.6. The minimum atomic E-state index is -4.46. The van der Waals surface area contributed by atoms with Gasteiger partial charge in [-0.3, -0.25) is 4.79 Å². The van der Waals surface area contributed by atoms with Crippen molar-refractivity contribution in [2.45, 2.75) is 32.4 Å². The summed E-state index contributed by atoms with van der Waals surface area (Å²) in [7, 11) is -3.27. The van der Waals surface area contributed by atoms with Gasteiger partial charge in [0.2, 0.25) is 5.91 Å². The van der Waals surface area contributed by atoms with Crippen LogP contribution in [-0.2, 0) is 14.6 Å². The molecule has 0 aromatic carbocycles. The van der Waals surface area contributed by atoms with E-state index in [9.17, 15) is 26.4 Å². The minimum Gasteiger partial charge on any atom is -0.333 e. The highest BCUT2D eigenvalue weighted by molar-refractivity contribution is 7.91. The number of carbonyl (C=O) groups excluding carboxylic acids is 1. The van der Waals surface area contributed by atoms with Crippen LogP contribution in [0.15, 0.2) is 0 Å². The van der Waals surface area contributed by atoms with E-state index >= 15 is 0 Å². The van der Waals surface area contributed by atoms with E-state index in [1.807, 2.05) is 6.92 Å². The first-order valence-corrected chi connectivity index (χ1v) is 8.03. The lowest BCUT2D eigenvalue weighted by Crippen LogP contribution is -2.43. The average Bonchev–Trinajstić information content (AvgIpc) is 2.62. The number of unbranched alkanes of at least 4 members (excludes halogenated alkanes) is 1. The summed E-state index contributed by atoms with van der Waals surface area (Å²) in [6.45, 7) is 0.532. The molecule has 0 aromatic heterocycles. The topological polar surface area (TPSA) is 54.5 Å². The average molecular weight is 301 g/mol. The molecule has 0 spiro atoms. The van der Waals surface area contributed by atoms with Gasteiger partial charge in [0.1, 0.15) is 6.54 Å². The van der Waals surface area contributed by atoms with E-state index in [0.717, 1.165) is 4.90 Å². The minimum absolute atomic E-state index is 0.0192. The Bertz CT molecular complexity index is 419. The molecule has 0 radical (unpaired) electrons. The van der Waals surface area contributed by atoms with Crippen LogP contribution in [0.25, 0.3) is 0 Å². The van der Waals surface area contributed by atoms with Crippen LogP contribution in [0.2, 0.25) is 0 Å². The monoisotopic (exact) mass is 301 g/mol. The van der Waals surface area contributed by atoms with Crippen molar-refractivity contribution in [2.75, 3.05) is 24.6 Å². The molecular weight excluding hydrogens is 283 g/mol. The second kappa shape index (κ2) is 6.11. The van der Waals surface area contributed by atoms with Gasteiger partial charge in [-0.1, -0.05) is 13.3 Å². The number of carbonyl (C=O) groups is 1. The van der Waals surface area contributed by atoms with Gasteiger partial charge in [0.15, 0.2) is 9.84 Å². The Morgan fingerprint density at radius 3 is 2.42 bits per heavy atom. The van der Waals surface area contributed by atoms with Gasteiger partial charge in [-0.05, 0) is 12.8 Å². The molecule has 1 rings (SSSR count). The summed E-state index contributed by atoms with van der Waals surface area (Å²) >= 11 is 0. The Hall–Kier alpha value is -0.790. The summed E-state index contributed by atoms with van der Waals surface area (Å²) in [5.41, 5.74) is 0. The first kappa shape index (κ1) is 16.3. The maximum absolute atomic E-state index is 12.4. The van der Waals surface area contributed by atoms with Gasteiger partial charge in [-0.2, -0.15) is 13.2 Å². The molecule has 4 nitrogen and oxygen atoms in total. The first-order valence-electron chi connectivity index (χ1n) is 6.20. The van der Waals surface area contributed by atoms with Crippen molar-refractivity contribution in [3.8, 4) is 0 Å². The van der Waals surface area contributed by atoms with Crippen LogP contribution < -0.4 is 0 Å². The van der Waals surface area contributed by atoms with Gasteiger partial charge in [0.05, 0.1) is 17.4 Å². The summed E-state index contributed by atoms with van der Waals surface area (Å²) in [4.78, 5) is 12.7. The number of sulfone groups is 1. The van der Waals surface area contributed by atoms with E-state index in [-0.39, 0.29) is 24.5 Å². The maximum Gasteiger partial charge on any atom is 0.406 e. The highest BCUT2D eigenvalue weighted by Crippen LogP contribution is 2.24. The molecule has 0 aromatic rings. The Morgan fingerprint density at radius 2 is 2.00 bits per heavy atom. The van der Waals surface area contributed by atoms with Crippen molar-refractivity contribution in [1.29, 1.82) is 0 Å². The fourth-order valence-corrected chi connectivity index (χ4v) is 3.81. The molecule has 0 saturated carbocycles. The van der Waals surface area contributed by atoms with Crippen LogP contribution in [0.5, 0.6) is 0 Å². The summed E-state index contributed by atoms with van der Waals surface area (Å²) in [6.07, 6.45) is -3.19. The molecule has 1 aliphatic heterocycles. The second-order valence-corrected chi connectivity index (χ2v) is 7.06. The van der Waals surface area contributed by atoms with Crippen LogP contribution in [0, 0.1) is 5.92 Å². The lowest BCUT2D eigenvalue weighted by Gasteiger charge is -2.26. The van der Waals surface area contributed by atoms with E-state index in [1.165, 1.54) is 0 Å². The third-order valence-electron chi connectivity index (χ3n) is 3.05. The van der Waals surface area contributed by atoms with Gasteiger partial charge < -0.3 is 4.90 Å². The molecule has 1 unspecified atom stereocenters. The maximum atomic E-state index is 12.4. The Balaban J connectivity index is 2.71. The van der Waals surface area contributed by atoms with Crippen molar-refractivity contribution in [3.05, 3.63) is 0 Å². The Morgan fingerprint density at radius 1 is 1.37 bits per heavy atom. The lowest BCUT2D eigenvalue weighted by atomic mass is 10.1. The Labute approximate surface area is 110 Å². The van der Waals surface area contributed by atoms with E-state index in [0.29, 0.717) is 12.8 Å². The smallest absolute Gasteiger partial charge is 0.333 e. The number of rotatable bonds is 5. The molecule has 1 fully saturated rings. The normalized spacial score (nSPS) is 22.4. The molecule has 0 aliphatic carbocycles. The number of halogens is 3. The van der Waals surface area contributed by atoms with Gasteiger partial charge in [0, 0.05) is 6.54 Å². The molecule has 19 heavy (non-hydrogen) atoms. The van der Waals surface area contributed by atoms with Gasteiger partial charge in [0.25, 0.3) is 0 Å². The zero-order valence-electron chi connectivity index (χ0n) is 10.7. The molecule has 1 aliphatic rings. The van der Waals surface area contributed by atoms with E-state index in [1.54, 1.807) is 0 Å². The van der Waals surface area contributed by atoms with Crippen LogP contribution in [0.3, 0.4) is 0 Å². The Kier molecular flexibility index (Phi) is 5.23. The predicted molar refractivity (Wildman–Crippen MR) is 64.3 cm³/mol. The van der Waals surface area contributed by atoms with Crippen molar-refractivity contribution in [1.82, 2.24) is 4.90 Å². The van der Waals surface area contributed by atoms with Crippen LogP contribution in [-0.4, -0.2) is 50.0 Å². The molecule has 1 heterocycles. The zero-order chi connectivity index (χ0) is 14.7. The SMILES string of the molecule is CCCCN(CC(F)(F)F)C(=O)C1CCS(=O)(=O)C1. The molecule has 1 amide bonds. The molecule has 1 saturated heterocycles. The quantitative estimate of drug-likeness (QED) is 0.775. The van der Waals surface area contributed by atoms with E-state index in [2.05, 4.69) is 0 Å². The third-order valence-corrected chi connectivity index (χ3v) is 4.81. The van der Waals surface area contributed by atoms with E-state index in [4.69, 9.17) is 0 Å². The highest BCUT2D eigenvalue weighted by Gasteiger charge is 2.39. The lowest BCUT2D eigenvalue weighted by molar-refractivity contribution is -0.163. The number of hydrogen-bond donors (Lipinski definition) is 0. The number of nitrogens with zero attached hydrogens (tertiary/aromatic N) is 1. The number of amides is 1. The summed E-state index contributed by atoms with van der Waals surface area (Å²) < 4.78 is 59.8. The summed E-state index contributed by atoms with van der Waals surface area (Å²) in [6, 6.07) is 0. The first-order chi connectivity index (χ1) is 8.64. The molecule has 0 N–H and O–H groups in total. The second-order valence-electron chi connectivity index (χ2n) is 4.83. The molecular formula is C11H18F3NO3S. The summed E-state index contributed by atoms with van der Waals surface area (Å²) in [5, 5.41) is 0. The molecule has 0 bridgehead atoms. The van der Waals surface area contributed by atoms with Crippen molar-refractivity contribution >= 4 is 15.7 Å². The van der Waals surface area contributed by atoms with Crippen molar-refractivity contribution in [3.63, 3.8) is 0 Å². The van der Waals surface area contributed by atoms with Crippen molar-refractivity contribution in [2.24, 2.45) is 5.92 Å².